The zero-order valence-electron chi connectivity index (χ0n) is 12.9. The summed E-state index contributed by atoms with van der Waals surface area (Å²) >= 11 is 0. The maximum atomic E-state index is 12.7. The van der Waals surface area contributed by atoms with E-state index in [4.69, 9.17) is 0 Å². The van der Waals surface area contributed by atoms with Crippen molar-refractivity contribution in [2.45, 2.75) is 58.5 Å². The fourth-order valence-electron chi connectivity index (χ4n) is 3.35. The van der Waals surface area contributed by atoms with Crippen molar-refractivity contribution in [1.29, 1.82) is 0 Å². The molecule has 20 heavy (non-hydrogen) atoms. The van der Waals surface area contributed by atoms with Crippen LogP contribution in [0.5, 0.6) is 0 Å². The van der Waals surface area contributed by atoms with Crippen molar-refractivity contribution in [2.24, 2.45) is 5.41 Å². The molecule has 2 fully saturated rings. The van der Waals surface area contributed by atoms with E-state index >= 15 is 0 Å². The van der Waals surface area contributed by atoms with Gasteiger partial charge in [-0.1, -0.05) is 13.8 Å². The molecular weight excluding hydrogens is 254 g/mol. The monoisotopic (exact) mass is 281 g/mol. The summed E-state index contributed by atoms with van der Waals surface area (Å²) in [5, 5.41) is 6.33. The highest BCUT2D eigenvalue weighted by Gasteiger charge is 2.39. The molecule has 2 amide bonds. The van der Waals surface area contributed by atoms with Gasteiger partial charge < -0.3 is 15.5 Å². The molecule has 114 valence electrons. The van der Waals surface area contributed by atoms with Gasteiger partial charge in [-0.15, -0.1) is 0 Å². The number of carbonyl (C=O) groups is 2. The maximum absolute atomic E-state index is 12.7. The van der Waals surface area contributed by atoms with Crippen molar-refractivity contribution >= 4 is 11.8 Å². The van der Waals surface area contributed by atoms with Gasteiger partial charge in [0.2, 0.25) is 11.8 Å². The van der Waals surface area contributed by atoms with Crippen LogP contribution < -0.4 is 10.6 Å². The first-order valence-corrected chi connectivity index (χ1v) is 7.69. The molecule has 0 aliphatic carbocycles. The Morgan fingerprint density at radius 2 is 1.90 bits per heavy atom. The average Bonchev–Trinajstić information content (AvgIpc) is 2.37. The molecule has 0 radical (unpaired) electrons. The zero-order chi connectivity index (χ0) is 14.8. The number of rotatable bonds is 2. The van der Waals surface area contributed by atoms with Crippen LogP contribution in [0.2, 0.25) is 0 Å². The van der Waals surface area contributed by atoms with E-state index in [1.54, 1.807) is 6.92 Å². The van der Waals surface area contributed by atoms with Gasteiger partial charge in [-0.2, -0.15) is 0 Å². The van der Waals surface area contributed by atoms with Crippen LogP contribution in [0.4, 0.5) is 0 Å². The summed E-state index contributed by atoms with van der Waals surface area (Å²) in [5.74, 6) is 0.251. The summed E-state index contributed by atoms with van der Waals surface area (Å²) in [6, 6.07) is 0.164. The smallest absolute Gasteiger partial charge is 0.240 e. The molecule has 2 aliphatic rings. The lowest BCUT2D eigenvalue weighted by Crippen LogP contribution is -2.58. The van der Waals surface area contributed by atoms with Crippen LogP contribution in [-0.2, 0) is 9.59 Å². The fraction of sp³-hybridized carbons (Fsp3) is 0.867. The Bertz CT molecular complexity index is 373. The van der Waals surface area contributed by atoms with Crippen molar-refractivity contribution in [1.82, 2.24) is 15.5 Å². The Morgan fingerprint density at radius 1 is 1.25 bits per heavy atom. The molecule has 0 spiro atoms. The van der Waals surface area contributed by atoms with E-state index in [0.717, 1.165) is 45.3 Å². The van der Waals surface area contributed by atoms with Crippen molar-refractivity contribution in [3.05, 3.63) is 0 Å². The lowest BCUT2D eigenvalue weighted by Gasteiger charge is -2.42. The molecule has 2 aliphatic heterocycles. The Balaban J connectivity index is 1.89. The predicted molar refractivity (Wildman–Crippen MR) is 78.2 cm³/mol. The number of carbonyl (C=O) groups excluding carboxylic acids is 2. The molecule has 2 saturated heterocycles. The first-order valence-electron chi connectivity index (χ1n) is 7.69. The van der Waals surface area contributed by atoms with E-state index in [2.05, 4.69) is 24.5 Å². The topological polar surface area (TPSA) is 61.4 Å². The molecule has 5 heteroatoms. The second kappa shape index (κ2) is 6.12. The van der Waals surface area contributed by atoms with E-state index in [9.17, 15) is 9.59 Å². The number of amides is 2. The van der Waals surface area contributed by atoms with Gasteiger partial charge in [0.1, 0.15) is 0 Å². The molecule has 1 unspecified atom stereocenters. The molecule has 0 aromatic carbocycles. The molecule has 2 N–H and O–H groups in total. The van der Waals surface area contributed by atoms with Gasteiger partial charge in [-0.05, 0) is 37.6 Å². The van der Waals surface area contributed by atoms with Gasteiger partial charge in [0.15, 0.2) is 0 Å². The summed E-state index contributed by atoms with van der Waals surface area (Å²) < 4.78 is 0. The van der Waals surface area contributed by atoms with Crippen molar-refractivity contribution < 1.29 is 9.59 Å². The average molecular weight is 281 g/mol. The molecular formula is C15H27N3O2. The number of hydrogen-bond donors (Lipinski definition) is 2. The number of nitrogens with zero attached hydrogens (tertiary/aromatic N) is 1. The first kappa shape index (κ1) is 15.3. The summed E-state index contributed by atoms with van der Waals surface area (Å²) in [6.07, 6.45) is 3.96. The van der Waals surface area contributed by atoms with E-state index in [1.807, 2.05) is 4.90 Å². The van der Waals surface area contributed by atoms with Crippen LogP contribution in [0, 0.1) is 5.41 Å². The molecule has 0 saturated carbocycles. The quantitative estimate of drug-likeness (QED) is 0.790. The summed E-state index contributed by atoms with van der Waals surface area (Å²) in [6.45, 7) is 8.32. The fourth-order valence-corrected chi connectivity index (χ4v) is 3.35. The van der Waals surface area contributed by atoms with Crippen molar-refractivity contribution in [3.8, 4) is 0 Å². The van der Waals surface area contributed by atoms with Gasteiger partial charge in [0.25, 0.3) is 0 Å². The van der Waals surface area contributed by atoms with Crippen LogP contribution in [0.3, 0.4) is 0 Å². The second-order valence-electron chi connectivity index (χ2n) is 6.78. The Kier molecular flexibility index (Phi) is 4.68. The summed E-state index contributed by atoms with van der Waals surface area (Å²) in [7, 11) is 0. The van der Waals surface area contributed by atoms with Gasteiger partial charge in [0, 0.05) is 26.1 Å². The van der Waals surface area contributed by atoms with E-state index in [1.165, 1.54) is 0 Å². The number of nitrogens with one attached hydrogen (secondary N) is 2. The van der Waals surface area contributed by atoms with E-state index in [-0.39, 0.29) is 29.3 Å². The molecule has 1 atom stereocenters. The SMILES string of the molecule is CC(=O)NC1CCN(C(=O)C2NCCCC2(C)C)CC1. The minimum Gasteiger partial charge on any atom is -0.353 e. The third kappa shape index (κ3) is 3.51. The minimum absolute atomic E-state index is 0.0184. The standard InChI is InChI=1S/C15H27N3O2/c1-11(19)17-12-5-9-18(10-6-12)14(20)13-15(2,3)7-4-8-16-13/h12-13,16H,4-10H2,1-3H3,(H,17,19). The van der Waals surface area contributed by atoms with Gasteiger partial charge in [0.05, 0.1) is 6.04 Å². The van der Waals surface area contributed by atoms with E-state index in [0.29, 0.717) is 0 Å². The molecule has 0 aromatic heterocycles. The summed E-state index contributed by atoms with van der Waals surface area (Å²) in [5.41, 5.74) is 0.0316. The third-order valence-corrected chi connectivity index (χ3v) is 4.59. The van der Waals surface area contributed by atoms with Gasteiger partial charge in [-0.3, -0.25) is 9.59 Å². The molecule has 0 bridgehead atoms. The highest BCUT2D eigenvalue weighted by atomic mass is 16.2. The van der Waals surface area contributed by atoms with E-state index < -0.39 is 0 Å². The van der Waals surface area contributed by atoms with Crippen LogP contribution in [0.25, 0.3) is 0 Å². The van der Waals surface area contributed by atoms with Gasteiger partial charge in [-0.25, -0.2) is 0 Å². The Hall–Kier alpha value is -1.10. The third-order valence-electron chi connectivity index (χ3n) is 4.59. The predicted octanol–water partition coefficient (Wildman–Crippen LogP) is 0.892. The van der Waals surface area contributed by atoms with Crippen LogP contribution in [-0.4, -0.2) is 48.4 Å². The highest BCUT2D eigenvalue weighted by Crippen LogP contribution is 2.31. The molecule has 2 heterocycles. The zero-order valence-corrected chi connectivity index (χ0v) is 12.9. The normalized spacial score (nSPS) is 27.1. The largest absolute Gasteiger partial charge is 0.353 e. The van der Waals surface area contributed by atoms with Crippen LogP contribution in [0.1, 0.15) is 46.5 Å². The Labute approximate surface area is 121 Å². The lowest BCUT2D eigenvalue weighted by atomic mass is 9.77. The second-order valence-corrected chi connectivity index (χ2v) is 6.78. The molecule has 2 rings (SSSR count). The van der Waals surface area contributed by atoms with Crippen molar-refractivity contribution in [2.75, 3.05) is 19.6 Å². The summed E-state index contributed by atoms with van der Waals surface area (Å²) in [4.78, 5) is 25.7. The molecule has 0 aromatic rings. The first-order chi connectivity index (χ1) is 9.40. The maximum Gasteiger partial charge on any atom is 0.240 e. The highest BCUT2D eigenvalue weighted by molar-refractivity contribution is 5.83. The van der Waals surface area contributed by atoms with Gasteiger partial charge >= 0.3 is 0 Å². The minimum atomic E-state index is -0.0615. The van der Waals surface area contributed by atoms with Crippen LogP contribution in [0.15, 0.2) is 0 Å². The Morgan fingerprint density at radius 3 is 2.45 bits per heavy atom. The number of likely N-dealkylation sites (tertiary alicyclic amines) is 1. The van der Waals surface area contributed by atoms with Crippen molar-refractivity contribution in [3.63, 3.8) is 0 Å². The number of hydrogen-bond acceptors (Lipinski definition) is 3. The molecule has 5 nitrogen and oxygen atoms in total. The lowest BCUT2D eigenvalue weighted by molar-refractivity contribution is -0.138. The number of piperidine rings is 2. The van der Waals surface area contributed by atoms with Crippen LogP contribution >= 0.6 is 0 Å².